The largest absolute Gasteiger partial charge is 0.503 e. The molecule has 1 aromatic heterocycles. The topological polar surface area (TPSA) is 65.7 Å². The van der Waals surface area contributed by atoms with Crippen molar-refractivity contribution in [2.75, 3.05) is 13.6 Å². The molecule has 0 radical (unpaired) electrons. The number of pyridine rings is 1. The third-order valence-electron chi connectivity index (χ3n) is 3.12. The van der Waals surface area contributed by atoms with Crippen LogP contribution in [-0.2, 0) is 20.2 Å². The van der Waals surface area contributed by atoms with Gasteiger partial charge in [-0.2, -0.15) is 0 Å². The molecule has 0 spiro atoms. The Kier molecular flexibility index (Phi) is 5.37. The molecule has 0 saturated heterocycles. The minimum atomic E-state index is -0.434. The smallest absolute Gasteiger partial charge is 0.223 e. The van der Waals surface area contributed by atoms with Crippen LogP contribution >= 0.6 is 0 Å². The minimum Gasteiger partial charge on any atom is -0.503 e. The Morgan fingerprint density at radius 3 is 2.67 bits per heavy atom. The molecular weight excluding hydrogens is 232 g/mol. The van der Waals surface area contributed by atoms with Gasteiger partial charge in [0, 0.05) is 25.4 Å². The zero-order chi connectivity index (χ0) is 13.7. The van der Waals surface area contributed by atoms with E-state index in [9.17, 15) is 15.0 Å². The summed E-state index contributed by atoms with van der Waals surface area (Å²) in [7, 11) is 3.69. The molecule has 1 heterocycles. The fourth-order valence-electron chi connectivity index (χ4n) is 1.89. The van der Waals surface area contributed by atoms with Crippen molar-refractivity contribution in [3.63, 3.8) is 0 Å². The van der Waals surface area contributed by atoms with E-state index < -0.39 is 5.43 Å². The van der Waals surface area contributed by atoms with Crippen LogP contribution in [0.5, 0.6) is 5.75 Å². The zero-order valence-electron chi connectivity index (χ0n) is 11.3. The van der Waals surface area contributed by atoms with Gasteiger partial charge >= 0.3 is 0 Å². The average Bonchev–Trinajstić information content (AvgIpc) is 2.36. The van der Waals surface area contributed by atoms with Crippen molar-refractivity contribution in [1.82, 2.24) is 9.47 Å². The van der Waals surface area contributed by atoms with Crippen molar-refractivity contribution in [2.45, 2.75) is 32.9 Å². The summed E-state index contributed by atoms with van der Waals surface area (Å²) in [5.41, 5.74) is 0.623. The van der Waals surface area contributed by atoms with E-state index in [1.807, 2.05) is 7.05 Å². The molecule has 2 N–H and O–H groups in total. The number of nitrogens with zero attached hydrogens (tertiary/aromatic N) is 2. The molecule has 0 aliphatic heterocycles. The van der Waals surface area contributed by atoms with E-state index in [-0.39, 0.29) is 12.4 Å². The number of unbranched alkanes of at least 4 members (excludes halogenated alkanes) is 1. The van der Waals surface area contributed by atoms with Crippen LogP contribution in [-0.4, -0.2) is 33.3 Å². The van der Waals surface area contributed by atoms with Gasteiger partial charge in [-0.15, -0.1) is 0 Å². The first-order chi connectivity index (χ1) is 8.51. The van der Waals surface area contributed by atoms with Crippen molar-refractivity contribution in [2.24, 2.45) is 7.05 Å². The van der Waals surface area contributed by atoms with Gasteiger partial charge < -0.3 is 19.7 Å². The Hall–Kier alpha value is -1.33. The van der Waals surface area contributed by atoms with Crippen molar-refractivity contribution >= 4 is 0 Å². The summed E-state index contributed by atoms with van der Waals surface area (Å²) in [4.78, 5) is 13.6. The second-order valence-electron chi connectivity index (χ2n) is 4.60. The lowest BCUT2D eigenvalue weighted by atomic mass is 10.2. The third-order valence-corrected chi connectivity index (χ3v) is 3.12. The number of hydrogen-bond acceptors (Lipinski definition) is 4. The summed E-state index contributed by atoms with van der Waals surface area (Å²) in [5, 5.41) is 19.0. The van der Waals surface area contributed by atoms with Crippen LogP contribution in [0, 0.1) is 0 Å². The molecule has 0 aliphatic carbocycles. The van der Waals surface area contributed by atoms with Gasteiger partial charge in [-0.1, -0.05) is 13.3 Å². The molecule has 5 heteroatoms. The number of aliphatic hydroxyl groups excluding tert-OH is 1. The van der Waals surface area contributed by atoms with Crippen LogP contribution in [0.25, 0.3) is 0 Å². The van der Waals surface area contributed by atoms with E-state index >= 15 is 0 Å². The highest BCUT2D eigenvalue weighted by molar-refractivity contribution is 5.29. The fraction of sp³-hybridized carbons (Fsp3) is 0.615. The van der Waals surface area contributed by atoms with E-state index in [1.165, 1.54) is 6.07 Å². The quantitative estimate of drug-likeness (QED) is 0.788. The fourth-order valence-corrected chi connectivity index (χ4v) is 1.89. The highest BCUT2D eigenvalue weighted by Gasteiger charge is 2.13. The highest BCUT2D eigenvalue weighted by Crippen LogP contribution is 2.15. The molecule has 0 amide bonds. The second kappa shape index (κ2) is 6.56. The normalized spacial score (nSPS) is 11.2. The maximum atomic E-state index is 11.6. The molecule has 0 saturated carbocycles. The minimum absolute atomic E-state index is 0.211. The average molecular weight is 254 g/mol. The summed E-state index contributed by atoms with van der Waals surface area (Å²) in [6.07, 6.45) is 2.18. The summed E-state index contributed by atoms with van der Waals surface area (Å²) >= 11 is 0. The molecule has 0 aromatic carbocycles. The van der Waals surface area contributed by atoms with E-state index in [2.05, 4.69) is 11.8 Å². The Balaban J connectivity index is 3.00. The molecule has 102 valence electrons. The summed E-state index contributed by atoms with van der Waals surface area (Å²) in [6.45, 7) is 3.31. The van der Waals surface area contributed by atoms with Gasteiger partial charge in [-0.25, -0.2) is 0 Å². The standard InChI is InChI=1S/C13H22N2O3/c1-4-5-6-14(2)8-11-13(18)12(17)7-10(9-16)15(11)3/h7,16,18H,4-6,8-9H2,1-3H3. The van der Waals surface area contributed by atoms with Gasteiger partial charge in [-0.05, 0) is 20.0 Å². The van der Waals surface area contributed by atoms with Crippen LogP contribution in [0.3, 0.4) is 0 Å². The lowest BCUT2D eigenvalue weighted by Crippen LogP contribution is -2.24. The van der Waals surface area contributed by atoms with Gasteiger partial charge in [0.25, 0.3) is 0 Å². The number of aromatic hydroxyl groups is 1. The Labute approximate surface area is 107 Å². The molecule has 1 aromatic rings. The van der Waals surface area contributed by atoms with Gasteiger partial charge in [0.1, 0.15) is 0 Å². The van der Waals surface area contributed by atoms with Gasteiger partial charge in [-0.3, -0.25) is 4.79 Å². The third kappa shape index (κ3) is 3.34. The first-order valence-electron chi connectivity index (χ1n) is 6.21. The molecule has 0 fully saturated rings. The molecule has 0 unspecified atom stereocenters. The SMILES string of the molecule is CCCCN(C)Cc1c(O)c(=O)cc(CO)n1C. The van der Waals surface area contributed by atoms with Gasteiger partial charge in [0.05, 0.1) is 12.3 Å². The van der Waals surface area contributed by atoms with Gasteiger partial charge in [0.2, 0.25) is 5.43 Å². The summed E-state index contributed by atoms with van der Waals surface area (Å²) < 4.78 is 1.68. The van der Waals surface area contributed by atoms with Crippen LogP contribution in [0.2, 0.25) is 0 Å². The number of rotatable bonds is 6. The predicted molar refractivity (Wildman–Crippen MR) is 70.5 cm³/mol. The molecule has 0 aliphatic rings. The van der Waals surface area contributed by atoms with Crippen LogP contribution in [0.1, 0.15) is 31.2 Å². The lowest BCUT2D eigenvalue weighted by molar-refractivity contribution is 0.264. The Morgan fingerprint density at radius 2 is 2.11 bits per heavy atom. The number of aromatic nitrogens is 1. The van der Waals surface area contributed by atoms with E-state index in [0.717, 1.165) is 19.4 Å². The number of hydrogen-bond donors (Lipinski definition) is 2. The maximum absolute atomic E-state index is 11.6. The lowest BCUT2D eigenvalue weighted by Gasteiger charge is -2.20. The van der Waals surface area contributed by atoms with Crippen molar-refractivity contribution in [1.29, 1.82) is 0 Å². The molecule has 0 atom stereocenters. The summed E-state index contributed by atoms with van der Waals surface area (Å²) in [6, 6.07) is 1.27. The van der Waals surface area contributed by atoms with Crippen molar-refractivity contribution < 1.29 is 10.2 Å². The zero-order valence-corrected chi connectivity index (χ0v) is 11.3. The second-order valence-corrected chi connectivity index (χ2v) is 4.60. The molecule has 5 nitrogen and oxygen atoms in total. The van der Waals surface area contributed by atoms with Crippen LogP contribution in [0.4, 0.5) is 0 Å². The first-order valence-corrected chi connectivity index (χ1v) is 6.21. The maximum Gasteiger partial charge on any atom is 0.223 e. The highest BCUT2D eigenvalue weighted by atomic mass is 16.3. The van der Waals surface area contributed by atoms with Crippen LogP contribution in [0.15, 0.2) is 10.9 Å². The van der Waals surface area contributed by atoms with E-state index in [1.54, 1.807) is 11.6 Å². The van der Waals surface area contributed by atoms with Crippen molar-refractivity contribution in [3.8, 4) is 5.75 Å². The monoisotopic (exact) mass is 254 g/mol. The molecule has 18 heavy (non-hydrogen) atoms. The van der Waals surface area contributed by atoms with E-state index in [0.29, 0.717) is 17.9 Å². The summed E-state index contributed by atoms with van der Waals surface area (Å²) in [5.74, 6) is -0.224. The van der Waals surface area contributed by atoms with Crippen LogP contribution < -0.4 is 5.43 Å². The Morgan fingerprint density at radius 1 is 1.44 bits per heavy atom. The van der Waals surface area contributed by atoms with E-state index in [4.69, 9.17) is 0 Å². The first kappa shape index (κ1) is 14.7. The predicted octanol–water partition coefficient (Wildman–Crippen LogP) is 0.815. The molecule has 0 bridgehead atoms. The van der Waals surface area contributed by atoms with Gasteiger partial charge in [0.15, 0.2) is 5.75 Å². The molecule has 1 rings (SSSR count). The Bertz CT molecular complexity index is 454. The molecular formula is C13H22N2O3. The van der Waals surface area contributed by atoms with Crippen molar-refractivity contribution in [3.05, 3.63) is 27.7 Å². The number of aliphatic hydroxyl groups is 1.